The molecule has 0 aromatic carbocycles. The van der Waals surface area contributed by atoms with Crippen molar-refractivity contribution in [3.8, 4) is 0 Å². The lowest BCUT2D eigenvalue weighted by Gasteiger charge is -2.20. The maximum Gasteiger partial charge on any atom is 0.325 e. The van der Waals surface area contributed by atoms with Crippen molar-refractivity contribution in [3.63, 3.8) is 0 Å². The Morgan fingerprint density at radius 3 is 1.38 bits per heavy atom. The van der Waals surface area contributed by atoms with E-state index < -0.39 is 0 Å². The molecule has 0 fully saturated rings. The standard InChI is InChI=1S/C18H22N2O4/c1-3-23-17(21)13-19-9-5-15(6-10-19)16-7-11-20(12-8-16)14-18(22)24-4-2/h5-12H,3-4,13-14H2,1-2H3. The minimum atomic E-state index is -0.255. The van der Waals surface area contributed by atoms with Gasteiger partial charge < -0.3 is 19.3 Å². The first-order valence-corrected chi connectivity index (χ1v) is 7.92. The molecule has 2 aliphatic rings. The van der Waals surface area contributed by atoms with E-state index in [4.69, 9.17) is 9.47 Å². The molecule has 0 amide bonds. The molecule has 2 aliphatic heterocycles. The zero-order valence-corrected chi connectivity index (χ0v) is 14.0. The van der Waals surface area contributed by atoms with Crippen LogP contribution in [0.3, 0.4) is 0 Å². The first-order valence-electron chi connectivity index (χ1n) is 7.92. The average molecular weight is 330 g/mol. The van der Waals surface area contributed by atoms with E-state index in [9.17, 15) is 9.59 Å². The van der Waals surface area contributed by atoms with Crippen LogP contribution in [0.4, 0.5) is 0 Å². The molecule has 0 radical (unpaired) electrons. The van der Waals surface area contributed by atoms with E-state index in [1.807, 2.05) is 49.1 Å². The molecule has 128 valence electrons. The third-order valence-corrected chi connectivity index (χ3v) is 3.35. The molecule has 0 spiro atoms. The van der Waals surface area contributed by atoms with Crippen molar-refractivity contribution >= 4 is 11.9 Å². The van der Waals surface area contributed by atoms with Crippen molar-refractivity contribution in [2.75, 3.05) is 26.3 Å². The summed E-state index contributed by atoms with van der Waals surface area (Å²) in [5.41, 5.74) is 2.05. The molecule has 6 nitrogen and oxygen atoms in total. The highest BCUT2D eigenvalue weighted by atomic mass is 16.5. The average Bonchev–Trinajstić information content (AvgIpc) is 2.57. The summed E-state index contributed by atoms with van der Waals surface area (Å²) >= 11 is 0. The highest BCUT2D eigenvalue weighted by Crippen LogP contribution is 2.19. The number of hydrogen-bond acceptors (Lipinski definition) is 6. The van der Waals surface area contributed by atoms with E-state index in [1.165, 1.54) is 0 Å². The third-order valence-electron chi connectivity index (χ3n) is 3.35. The summed E-state index contributed by atoms with van der Waals surface area (Å²) in [5, 5.41) is 0. The number of carbonyl (C=O) groups is 2. The van der Waals surface area contributed by atoms with Crippen molar-refractivity contribution in [1.82, 2.24) is 9.80 Å². The maximum absolute atomic E-state index is 11.5. The number of carbonyl (C=O) groups excluding carboxylic acids is 2. The van der Waals surface area contributed by atoms with Gasteiger partial charge in [0.1, 0.15) is 13.1 Å². The normalized spacial score (nSPS) is 15.9. The summed E-state index contributed by atoms with van der Waals surface area (Å²) in [4.78, 5) is 26.5. The number of hydrogen-bond donors (Lipinski definition) is 0. The van der Waals surface area contributed by atoms with Crippen LogP contribution in [0.5, 0.6) is 0 Å². The minimum absolute atomic E-state index is 0.197. The molecular weight excluding hydrogens is 308 g/mol. The maximum atomic E-state index is 11.5. The molecule has 0 unspecified atom stereocenters. The summed E-state index contributed by atoms with van der Waals surface area (Å²) in [6.45, 7) is 4.73. The third kappa shape index (κ3) is 5.15. The molecule has 24 heavy (non-hydrogen) atoms. The van der Waals surface area contributed by atoms with Crippen LogP contribution in [0.25, 0.3) is 0 Å². The summed E-state index contributed by atoms with van der Waals surface area (Å²) in [7, 11) is 0. The van der Waals surface area contributed by atoms with Crippen LogP contribution in [0.15, 0.2) is 60.3 Å². The van der Waals surface area contributed by atoms with Gasteiger partial charge >= 0.3 is 11.9 Å². The lowest BCUT2D eigenvalue weighted by atomic mass is 10.0. The fourth-order valence-electron chi connectivity index (χ4n) is 2.22. The monoisotopic (exact) mass is 330 g/mol. The second-order valence-electron chi connectivity index (χ2n) is 5.13. The number of nitrogens with zero attached hydrogens (tertiary/aromatic N) is 2. The largest absolute Gasteiger partial charge is 0.465 e. The second-order valence-corrected chi connectivity index (χ2v) is 5.13. The van der Waals surface area contributed by atoms with Gasteiger partial charge in [0.05, 0.1) is 13.2 Å². The Morgan fingerprint density at radius 2 is 1.08 bits per heavy atom. The molecule has 0 atom stereocenters. The first kappa shape index (κ1) is 17.6. The molecule has 0 aromatic heterocycles. The molecule has 2 rings (SSSR count). The zero-order valence-electron chi connectivity index (χ0n) is 14.0. The summed E-state index contributed by atoms with van der Waals surface area (Å²) in [6.07, 6.45) is 15.1. The van der Waals surface area contributed by atoms with E-state index in [1.54, 1.807) is 23.6 Å². The predicted octanol–water partition coefficient (Wildman–Crippen LogP) is 2.10. The van der Waals surface area contributed by atoms with E-state index >= 15 is 0 Å². The fraction of sp³-hybridized carbons (Fsp3) is 0.333. The van der Waals surface area contributed by atoms with E-state index in [2.05, 4.69) is 0 Å². The lowest BCUT2D eigenvalue weighted by Crippen LogP contribution is -2.24. The van der Waals surface area contributed by atoms with Crippen LogP contribution >= 0.6 is 0 Å². The van der Waals surface area contributed by atoms with Gasteiger partial charge in [-0.1, -0.05) is 0 Å². The molecule has 0 aromatic rings. The van der Waals surface area contributed by atoms with E-state index in [0.29, 0.717) is 13.2 Å². The Hall–Kier alpha value is -2.76. The smallest absolute Gasteiger partial charge is 0.325 e. The van der Waals surface area contributed by atoms with E-state index in [-0.39, 0.29) is 25.0 Å². The van der Waals surface area contributed by atoms with Crippen molar-refractivity contribution in [2.24, 2.45) is 0 Å². The van der Waals surface area contributed by atoms with Gasteiger partial charge in [-0.15, -0.1) is 0 Å². The van der Waals surface area contributed by atoms with Crippen LogP contribution in [-0.2, 0) is 19.1 Å². The quantitative estimate of drug-likeness (QED) is 0.695. The highest BCUT2D eigenvalue weighted by Gasteiger charge is 2.11. The van der Waals surface area contributed by atoms with Gasteiger partial charge in [0, 0.05) is 24.8 Å². The molecule has 0 aliphatic carbocycles. The van der Waals surface area contributed by atoms with Gasteiger partial charge in [-0.2, -0.15) is 0 Å². The molecule has 0 N–H and O–H groups in total. The van der Waals surface area contributed by atoms with Gasteiger partial charge in [-0.25, -0.2) is 0 Å². The summed E-state index contributed by atoms with van der Waals surface area (Å²) in [6, 6.07) is 0. The molecule has 2 heterocycles. The number of ether oxygens (including phenoxy) is 2. The van der Waals surface area contributed by atoms with Crippen molar-refractivity contribution in [1.29, 1.82) is 0 Å². The van der Waals surface area contributed by atoms with Crippen LogP contribution in [0.1, 0.15) is 13.8 Å². The summed E-state index contributed by atoms with van der Waals surface area (Å²) < 4.78 is 9.85. The van der Waals surface area contributed by atoms with Crippen molar-refractivity contribution < 1.29 is 19.1 Å². The predicted molar refractivity (Wildman–Crippen MR) is 90.3 cm³/mol. The van der Waals surface area contributed by atoms with Crippen molar-refractivity contribution in [2.45, 2.75) is 13.8 Å². The number of allylic oxidation sites excluding steroid dienone is 6. The number of rotatable bonds is 6. The molecule has 0 saturated heterocycles. The Kier molecular flexibility index (Phi) is 6.42. The van der Waals surface area contributed by atoms with Crippen LogP contribution in [-0.4, -0.2) is 48.0 Å². The zero-order chi connectivity index (χ0) is 17.4. The lowest BCUT2D eigenvalue weighted by molar-refractivity contribution is -0.144. The van der Waals surface area contributed by atoms with Crippen LogP contribution in [0, 0.1) is 0 Å². The minimum Gasteiger partial charge on any atom is -0.465 e. The molecule has 0 bridgehead atoms. The topological polar surface area (TPSA) is 59.1 Å². The van der Waals surface area contributed by atoms with Crippen LogP contribution < -0.4 is 0 Å². The fourth-order valence-corrected chi connectivity index (χ4v) is 2.22. The SMILES string of the molecule is CCOC(=O)CN1C=CC(=C2C=CN(CC(=O)OCC)C=C2)C=C1. The number of esters is 2. The Balaban J connectivity index is 1.91. The van der Waals surface area contributed by atoms with Gasteiger partial charge in [-0.3, -0.25) is 9.59 Å². The molecule has 6 heteroatoms. The van der Waals surface area contributed by atoms with Gasteiger partial charge in [-0.05, 0) is 49.3 Å². The molecule has 0 saturated carbocycles. The highest BCUT2D eigenvalue weighted by molar-refractivity contribution is 5.72. The first-order chi connectivity index (χ1) is 11.6. The Morgan fingerprint density at radius 1 is 0.750 bits per heavy atom. The van der Waals surface area contributed by atoms with Crippen molar-refractivity contribution in [3.05, 3.63) is 60.3 Å². The second kappa shape index (κ2) is 8.76. The van der Waals surface area contributed by atoms with Gasteiger partial charge in [0.15, 0.2) is 0 Å². The van der Waals surface area contributed by atoms with Gasteiger partial charge in [0.2, 0.25) is 0 Å². The Labute approximate surface area is 142 Å². The Bertz CT molecular complexity index is 543. The molecular formula is C18H22N2O4. The van der Waals surface area contributed by atoms with Gasteiger partial charge in [0.25, 0.3) is 0 Å². The summed E-state index contributed by atoms with van der Waals surface area (Å²) in [5.74, 6) is -0.509. The van der Waals surface area contributed by atoms with E-state index in [0.717, 1.165) is 11.1 Å². The van der Waals surface area contributed by atoms with Crippen LogP contribution in [0.2, 0.25) is 0 Å².